The van der Waals surface area contributed by atoms with Crippen LogP contribution in [0.1, 0.15) is 12.6 Å². The van der Waals surface area contributed by atoms with Crippen LogP contribution in [0.2, 0.25) is 0 Å². The molecular weight excluding hydrogens is 230 g/mol. The summed E-state index contributed by atoms with van der Waals surface area (Å²) in [5, 5.41) is 5.38. The quantitative estimate of drug-likeness (QED) is 0.817. The van der Waals surface area contributed by atoms with Crippen LogP contribution in [0.15, 0.2) is 17.8 Å². The topological polar surface area (TPSA) is 29.3 Å². The predicted molar refractivity (Wildman–Crippen MR) is 64.7 cm³/mol. The monoisotopic (exact) mass is 243 g/mol. The van der Waals surface area contributed by atoms with Crippen LogP contribution in [-0.2, 0) is 6.54 Å². The van der Waals surface area contributed by atoms with Crippen LogP contribution in [0, 0.1) is 5.92 Å². The molecule has 0 fully saturated rings. The Bertz CT molecular complexity index is 394. The lowest BCUT2D eigenvalue weighted by atomic mass is 10.2. The van der Waals surface area contributed by atoms with Crippen molar-refractivity contribution in [1.82, 2.24) is 14.7 Å². The second kappa shape index (κ2) is 4.96. The van der Waals surface area contributed by atoms with Gasteiger partial charge in [0.25, 0.3) is 0 Å². The molecule has 0 aromatic carbocycles. The van der Waals surface area contributed by atoms with E-state index in [1.807, 2.05) is 16.0 Å². The number of aromatic nitrogens is 2. The van der Waals surface area contributed by atoms with Gasteiger partial charge in [-0.3, -0.25) is 4.40 Å². The normalized spacial score (nSPS) is 13.5. The molecule has 5 heteroatoms. The molecule has 0 aliphatic rings. The molecule has 0 saturated heterocycles. The molecule has 0 spiro atoms. The molecule has 15 heavy (non-hydrogen) atoms. The first-order valence-electron chi connectivity index (χ1n) is 4.97. The summed E-state index contributed by atoms with van der Waals surface area (Å²) < 4.78 is 2.05. The zero-order valence-corrected chi connectivity index (χ0v) is 10.2. The Hall–Kier alpha value is -0.580. The van der Waals surface area contributed by atoms with Gasteiger partial charge in [0.05, 0.1) is 5.69 Å². The first-order chi connectivity index (χ1) is 7.29. The summed E-state index contributed by atoms with van der Waals surface area (Å²) in [6, 6.07) is 0. The standard InChI is InChI=1S/C10H14ClN3S/c1-8(4-11)5-12-6-9-7-14-2-3-15-10(14)13-9/h2-3,7-8,12H,4-6H2,1H3. The van der Waals surface area contributed by atoms with Gasteiger partial charge in [-0.15, -0.1) is 22.9 Å². The minimum atomic E-state index is 0.510. The summed E-state index contributed by atoms with van der Waals surface area (Å²) in [6.45, 7) is 3.88. The lowest BCUT2D eigenvalue weighted by molar-refractivity contribution is 0.553. The lowest BCUT2D eigenvalue weighted by Gasteiger charge is -2.07. The fourth-order valence-electron chi connectivity index (χ4n) is 1.36. The Balaban J connectivity index is 1.87. The van der Waals surface area contributed by atoms with Crippen LogP contribution in [0.3, 0.4) is 0 Å². The zero-order valence-electron chi connectivity index (χ0n) is 8.61. The van der Waals surface area contributed by atoms with Gasteiger partial charge in [-0.1, -0.05) is 6.92 Å². The Labute approximate surface area is 98.1 Å². The van der Waals surface area contributed by atoms with Crippen molar-refractivity contribution in [3.05, 3.63) is 23.5 Å². The average molecular weight is 244 g/mol. The molecule has 1 unspecified atom stereocenters. The highest BCUT2D eigenvalue weighted by molar-refractivity contribution is 7.15. The largest absolute Gasteiger partial charge is 0.311 e. The first-order valence-corrected chi connectivity index (χ1v) is 6.38. The molecule has 0 aliphatic carbocycles. The van der Waals surface area contributed by atoms with E-state index in [0.717, 1.165) is 23.7 Å². The van der Waals surface area contributed by atoms with Crippen molar-refractivity contribution < 1.29 is 0 Å². The van der Waals surface area contributed by atoms with E-state index in [0.29, 0.717) is 11.8 Å². The summed E-state index contributed by atoms with van der Waals surface area (Å²) in [4.78, 5) is 5.53. The number of hydrogen-bond donors (Lipinski definition) is 1. The van der Waals surface area contributed by atoms with E-state index in [1.165, 1.54) is 0 Å². The van der Waals surface area contributed by atoms with Crippen molar-refractivity contribution >= 4 is 27.9 Å². The van der Waals surface area contributed by atoms with Gasteiger partial charge < -0.3 is 5.32 Å². The third-order valence-corrected chi connectivity index (χ3v) is 3.50. The summed E-state index contributed by atoms with van der Waals surface area (Å²) in [7, 11) is 0. The maximum atomic E-state index is 5.72. The summed E-state index contributed by atoms with van der Waals surface area (Å²) in [6.07, 6.45) is 4.09. The third kappa shape index (κ3) is 2.71. The SMILES string of the molecule is CC(CCl)CNCc1cn2ccsc2n1. The molecule has 2 aromatic rings. The second-order valence-corrected chi connectivity index (χ2v) is 4.90. The molecular formula is C10H14ClN3S. The molecule has 2 aromatic heterocycles. The maximum Gasteiger partial charge on any atom is 0.193 e. The Morgan fingerprint density at radius 1 is 1.67 bits per heavy atom. The summed E-state index contributed by atoms with van der Waals surface area (Å²) in [5.74, 6) is 1.21. The molecule has 2 rings (SSSR count). The number of nitrogens with one attached hydrogen (secondary N) is 1. The Kier molecular flexibility index (Phi) is 3.61. The minimum Gasteiger partial charge on any atom is -0.311 e. The van der Waals surface area contributed by atoms with Gasteiger partial charge in [0.1, 0.15) is 0 Å². The van der Waals surface area contributed by atoms with Crippen LogP contribution in [0.25, 0.3) is 4.96 Å². The van der Waals surface area contributed by atoms with E-state index in [-0.39, 0.29) is 0 Å². The zero-order chi connectivity index (χ0) is 10.7. The molecule has 0 amide bonds. The first kappa shape index (κ1) is 10.9. The molecule has 0 saturated carbocycles. The summed E-state index contributed by atoms with van der Waals surface area (Å²) >= 11 is 7.38. The summed E-state index contributed by atoms with van der Waals surface area (Å²) in [5.41, 5.74) is 1.09. The maximum absolute atomic E-state index is 5.72. The van der Waals surface area contributed by atoms with Crippen LogP contribution >= 0.6 is 22.9 Å². The molecule has 0 radical (unpaired) electrons. The van der Waals surface area contributed by atoms with E-state index in [4.69, 9.17) is 11.6 Å². The number of imidazole rings is 1. The van der Waals surface area contributed by atoms with Gasteiger partial charge >= 0.3 is 0 Å². The smallest absolute Gasteiger partial charge is 0.193 e. The fraction of sp³-hybridized carbons (Fsp3) is 0.500. The molecule has 1 atom stereocenters. The van der Waals surface area contributed by atoms with Crippen LogP contribution < -0.4 is 5.32 Å². The second-order valence-electron chi connectivity index (χ2n) is 3.72. The highest BCUT2D eigenvalue weighted by atomic mass is 35.5. The van der Waals surface area contributed by atoms with Crippen molar-refractivity contribution in [2.75, 3.05) is 12.4 Å². The van der Waals surface area contributed by atoms with Gasteiger partial charge in [-0.05, 0) is 12.5 Å². The van der Waals surface area contributed by atoms with E-state index >= 15 is 0 Å². The van der Waals surface area contributed by atoms with Gasteiger partial charge in [-0.25, -0.2) is 4.98 Å². The number of nitrogens with zero attached hydrogens (tertiary/aromatic N) is 2. The van der Waals surface area contributed by atoms with Crippen molar-refractivity contribution in [2.24, 2.45) is 5.92 Å². The molecule has 0 aliphatic heterocycles. The van der Waals surface area contributed by atoms with Crippen LogP contribution in [0.5, 0.6) is 0 Å². The number of fused-ring (bicyclic) bond motifs is 1. The van der Waals surface area contributed by atoms with Crippen LogP contribution in [0.4, 0.5) is 0 Å². The number of rotatable bonds is 5. The Morgan fingerprint density at radius 3 is 3.27 bits per heavy atom. The van der Waals surface area contributed by atoms with Gasteiger partial charge in [0, 0.05) is 30.2 Å². The van der Waals surface area contributed by atoms with Crippen molar-refractivity contribution in [1.29, 1.82) is 0 Å². The fourth-order valence-corrected chi connectivity index (χ4v) is 2.19. The van der Waals surface area contributed by atoms with Crippen LogP contribution in [-0.4, -0.2) is 21.8 Å². The molecule has 2 heterocycles. The van der Waals surface area contributed by atoms with Crippen molar-refractivity contribution in [2.45, 2.75) is 13.5 Å². The van der Waals surface area contributed by atoms with E-state index < -0.39 is 0 Å². The van der Waals surface area contributed by atoms with E-state index in [1.54, 1.807) is 11.3 Å². The molecule has 82 valence electrons. The van der Waals surface area contributed by atoms with Gasteiger partial charge in [0.15, 0.2) is 4.96 Å². The minimum absolute atomic E-state index is 0.510. The number of hydrogen-bond acceptors (Lipinski definition) is 3. The molecule has 1 N–H and O–H groups in total. The molecule has 0 bridgehead atoms. The highest BCUT2D eigenvalue weighted by Crippen LogP contribution is 2.11. The Morgan fingerprint density at radius 2 is 2.53 bits per heavy atom. The van der Waals surface area contributed by atoms with Gasteiger partial charge in [0.2, 0.25) is 0 Å². The van der Waals surface area contributed by atoms with E-state index in [2.05, 4.69) is 23.4 Å². The van der Waals surface area contributed by atoms with Crippen molar-refractivity contribution in [3.63, 3.8) is 0 Å². The van der Waals surface area contributed by atoms with Gasteiger partial charge in [-0.2, -0.15) is 0 Å². The van der Waals surface area contributed by atoms with E-state index in [9.17, 15) is 0 Å². The third-order valence-electron chi connectivity index (χ3n) is 2.21. The predicted octanol–water partition coefficient (Wildman–Crippen LogP) is 2.36. The average Bonchev–Trinajstić information content (AvgIpc) is 2.77. The molecule has 3 nitrogen and oxygen atoms in total. The highest BCUT2D eigenvalue weighted by Gasteiger charge is 2.03. The van der Waals surface area contributed by atoms with Crippen molar-refractivity contribution in [3.8, 4) is 0 Å². The number of thiazole rings is 1. The lowest BCUT2D eigenvalue weighted by Crippen LogP contribution is -2.21. The number of halogens is 1. The number of alkyl halides is 1.